The van der Waals surface area contributed by atoms with E-state index < -0.39 is 6.09 Å². The highest BCUT2D eigenvalue weighted by Crippen LogP contribution is 2.23. The third-order valence-corrected chi connectivity index (χ3v) is 4.06. The summed E-state index contributed by atoms with van der Waals surface area (Å²) in [5.41, 5.74) is 4.45. The summed E-state index contributed by atoms with van der Waals surface area (Å²) in [6, 6.07) is 15.2. The molecule has 144 valence electrons. The van der Waals surface area contributed by atoms with Crippen LogP contribution in [0.1, 0.15) is 10.4 Å². The number of hydrogen-bond acceptors (Lipinski definition) is 6. The predicted molar refractivity (Wildman–Crippen MR) is 107 cm³/mol. The van der Waals surface area contributed by atoms with Gasteiger partial charge in [0.05, 0.1) is 17.3 Å². The number of amides is 2. The van der Waals surface area contributed by atoms with E-state index in [1.807, 2.05) is 6.07 Å². The zero-order valence-corrected chi connectivity index (χ0v) is 14.9. The van der Waals surface area contributed by atoms with Crippen LogP contribution in [-0.4, -0.2) is 37.3 Å². The molecule has 0 unspecified atom stereocenters. The van der Waals surface area contributed by atoms with Crippen molar-refractivity contribution in [3.8, 4) is 0 Å². The molecule has 29 heavy (non-hydrogen) atoms. The summed E-state index contributed by atoms with van der Waals surface area (Å²) in [5, 5.41) is 20.4. The van der Waals surface area contributed by atoms with Gasteiger partial charge < -0.3 is 10.4 Å². The molecule has 4 aromatic rings. The van der Waals surface area contributed by atoms with Gasteiger partial charge in [0.25, 0.3) is 5.91 Å². The van der Waals surface area contributed by atoms with E-state index in [4.69, 9.17) is 0 Å². The fraction of sp³-hybridized carbons (Fsp3) is 0. The van der Waals surface area contributed by atoms with E-state index in [-0.39, 0.29) is 11.7 Å². The Morgan fingerprint density at radius 2 is 1.86 bits per heavy atom. The molecule has 4 N–H and O–H groups in total. The van der Waals surface area contributed by atoms with Gasteiger partial charge in [-0.2, -0.15) is 10.1 Å². The van der Waals surface area contributed by atoms with Crippen LogP contribution in [0.25, 0.3) is 11.0 Å². The van der Waals surface area contributed by atoms with E-state index in [0.717, 1.165) is 5.01 Å². The molecule has 0 aliphatic carbocycles. The Bertz CT molecular complexity index is 1180. The average molecular weight is 389 g/mol. The summed E-state index contributed by atoms with van der Waals surface area (Å²) in [4.78, 5) is 32.3. The molecule has 10 heteroatoms. The Morgan fingerprint density at radius 3 is 2.66 bits per heavy atom. The lowest BCUT2D eigenvalue weighted by molar-refractivity contribution is 0.102. The van der Waals surface area contributed by atoms with Gasteiger partial charge in [-0.1, -0.05) is 24.3 Å². The Kier molecular flexibility index (Phi) is 4.72. The maximum absolute atomic E-state index is 12.4. The first-order chi connectivity index (χ1) is 14.1. The molecule has 0 bridgehead atoms. The highest BCUT2D eigenvalue weighted by molar-refractivity contribution is 6.04. The summed E-state index contributed by atoms with van der Waals surface area (Å²) in [7, 11) is 0. The number of hydrazine groups is 1. The summed E-state index contributed by atoms with van der Waals surface area (Å²) >= 11 is 0. The number of benzene rings is 2. The van der Waals surface area contributed by atoms with E-state index in [1.54, 1.807) is 42.5 Å². The van der Waals surface area contributed by atoms with Crippen molar-refractivity contribution in [1.82, 2.24) is 20.2 Å². The molecular weight excluding hydrogens is 374 g/mol. The first-order valence-electron chi connectivity index (χ1n) is 8.52. The van der Waals surface area contributed by atoms with Crippen molar-refractivity contribution in [2.75, 3.05) is 15.8 Å². The van der Waals surface area contributed by atoms with Crippen molar-refractivity contribution in [3.63, 3.8) is 0 Å². The largest absolute Gasteiger partial charge is 0.463 e. The van der Waals surface area contributed by atoms with Gasteiger partial charge in [-0.3, -0.25) is 15.3 Å². The normalized spacial score (nSPS) is 10.5. The number of hydrogen-bond donors (Lipinski definition) is 4. The molecule has 4 rings (SSSR count). The fourth-order valence-corrected chi connectivity index (χ4v) is 2.70. The van der Waals surface area contributed by atoms with E-state index in [2.05, 4.69) is 30.9 Å². The third-order valence-electron chi connectivity index (χ3n) is 4.06. The van der Waals surface area contributed by atoms with Crippen molar-refractivity contribution in [2.45, 2.75) is 0 Å². The maximum Gasteiger partial charge on any atom is 0.431 e. The minimum atomic E-state index is -1.26. The van der Waals surface area contributed by atoms with Gasteiger partial charge in [0.1, 0.15) is 6.33 Å². The first-order valence-corrected chi connectivity index (χ1v) is 8.52. The van der Waals surface area contributed by atoms with Crippen LogP contribution < -0.4 is 15.8 Å². The van der Waals surface area contributed by atoms with Crippen LogP contribution in [-0.2, 0) is 0 Å². The number of nitrogens with one attached hydrogen (secondary N) is 3. The van der Waals surface area contributed by atoms with Crippen LogP contribution in [0.15, 0.2) is 67.1 Å². The number of anilines is 3. The van der Waals surface area contributed by atoms with Gasteiger partial charge in [0.15, 0.2) is 11.5 Å². The van der Waals surface area contributed by atoms with E-state index in [1.165, 1.54) is 18.6 Å². The molecule has 0 saturated heterocycles. The number of fused-ring (bicyclic) bond motifs is 1. The van der Waals surface area contributed by atoms with Gasteiger partial charge in [0, 0.05) is 11.3 Å². The number of carboxylic acid groups (broad SMARTS) is 1. The topological polar surface area (TPSA) is 136 Å². The molecular formula is C19H15N7O3. The zero-order chi connectivity index (χ0) is 20.2. The summed E-state index contributed by atoms with van der Waals surface area (Å²) in [6.45, 7) is 0. The van der Waals surface area contributed by atoms with E-state index in [9.17, 15) is 14.7 Å². The molecule has 2 heterocycles. The number of nitrogens with zero attached hydrogens (tertiary/aromatic N) is 4. The predicted octanol–water partition coefficient (Wildman–Crippen LogP) is 3.12. The highest BCUT2D eigenvalue weighted by atomic mass is 16.4. The summed E-state index contributed by atoms with van der Waals surface area (Å²) in [6.07, 6.45) is 1.53. The lowest BCUT2D eigenvalue weighted by Crippen LogP contribution is -2.35. The molecule has 2 aromatic carbocycles. The Hall–Kier alpha value is -4.47. The van der Waals surface area contributed by atoms with E-state index in [0.29, 0.717) is 28.0 Å². The SMILES string of the molecule is O=C(Nc1cccc(N(Nc2ncnc3[nH]ncc23)C(=O)O)c1)c1ccccc1. The molecule has 0 aliphatic rings. The Labute approximate surface area is 164 Å². The second-order valence-electron chi connectivity index (χ2n) is 5.95. The molecule has 0 spiro atoms. The van der Waals surface area contributed by atoms with Crippen molar-refractivity contribution in [1.29, 1.82) is 0 Å². The van der Waals surface area contributed by atoms with Crippen LogP contribution in [0, 0.1) is 0 Å². The van der Waals surface area contributed by atoms with Gasteiger partial charge in [-0.25, -0.2) is 14.8 Å². The number of carbonyl (C=O) groups is 2. The quantitative estimate of drug-likeness (QED) is 0.385. The Morgan fingerprint density at radius 1 is 1.03 bits per heavy atom. The van der Waals surface area contributed by atoms with Gasteiger partial charge in [0.2, 0.25) is 0 Å². The van der Waals surface area contributed by atoms with Crippen molar-refractivity contribution in [2.24, 2.45) is 0 Å². The molecule has 0 radical (unpaired) electrons. The number of aromatic nitrogens is 4. The number of carbonyl (C=O) groups excluding carboxylic acids is 1. The van der Waals surface area contributed by atoms with E-state index >= 15 is 0 Å². The lowest BCUT2D eigenvalue weighted by Gasteiger charge is -2.21. The minimum absolute atomic E-state index is 0.268. The number of aromatic amines is 1. The molecule has 0 saturated carbocycles. The van der Waals surface area contributed by atoms with Gasteiger partial charge in [-0.05, 0) is 30.3 Å². The monoisotopic (exact) mass is 389 g/mol. The molecule has 10 nitrogen and oxygen atoms in total. The number of H-pyrrole nitrogens is 1. The summed E-state index contributed by atoms with van der Waals surface area (Å²) in [5.74, 6) is -0.0293. The fourth-order valence-electron chi connectivity index (χ4n) is 2.70. The molecule has 0 aliphatic heterocycles. The highest BCUT2D eigenvalue weighted by Gasteiger charge is 2.18. The van der Waals surface area contributed by atoms with Crippen molar-refractivity contribution in [3.05, 3.63) is 72.7 Å². The standard InChI is InChI=1S/C19H15N7O3/c27-18(12-5-2-1-3-6-12)23-13-7-4-8-14(9-13)26(19(28)29)25-17-15-10-22-24-16(15)20-11-21-17/h1-11H,(H,23,27)(H,28,29)(H2,20,21,22,24,25). The van der Waals surface area contributed by atoms with Gasteiger partial charge >= 0.3 is 6.09 Å². The molecule has 2 amide bonds. The molecule has 0 fully saturated rings. The second kappa shape index (κ2) is 7.64. The maximum atomic E-state index is 12.4. The van der Waals surface area contributed by atoms with Crippen molar-refractivity contribution >= 4 is 40.2 Å². The Balaban J connectivity index is 1.60. The van der Waals surface area contributed by atoms with Crippen molar-refractivity contribution < 1.29 is 14.7 Å². The van der Waals surface area contributed by atoms with Crippen LogP contribution in [0.4, 0.5) is 22.0 Å². The summed E-state index contributed by atoms with van der Waals surface area (Å²) < 4.78 is 0. The lowest BCUT2D eigenvalue weighted by atomic mass is 10.2. The minimum Gasteiger partial charge on any atom is -0.463 e. The smallest absolute Gasteiger partial charge is 0.431 e. The van der Waals surface area contributed by atoms with Crippen LogP contribution in [0.5, 0.6) is 0 Å². The molecule has 0 atom stereocenters. The van der Waals surface area contributed by atoms with Crippen LogP contribution in [0.3, 0.4) is 0 Å². The number of rotatable bonds is 5. The third kappa shape index (κ3) is 3.81. The van der Waals surface area contributed by atoms with Crippen LogP contribution >= 0.6 is 0 Å². The zero-order valence-electron chi connectivity index (χ0n) is 14.9. The van der Waals surface area contributed by atoms with Crippen LogP contribution in [0.2, 0.25) is 0 Å². The second-order valence-corrected chi connectivity index (χ2v) is 5.95. The molecule has 2 aromatic heterocycles. The first kappa shape index (κ1) is 17.9. The van der Waals surface area contributed by atoms with Gasteiger partial charge in [-0.15, -0.1) is 0 Å². The average Bonchev–Trinajstić information content (AvgIpc) is 3.22.